The van der Waals surface area contributed by atoms with Crippen LogP contribution in [0.5, 0.6) is 0 Å². The van der Waals surface area contributed by atoms with Crippen molar-refractivity contribution >= 4 is 5.91 Å². The Morgan fingerprint density at radius 2 is 1.77 bits per heavy atom. The highest BCUT2D eigenvalue weighted by molar-refractivity contribution is 5.79. The number of hydrogen-bond donors (Lipinski definition) is 0. The standard InChI is InChI=1S/C24H29FN2O.C2H4/c1-15(24-16(2)26(3)14-23(28)27(24)4)22-13-19-12-20(25)10-9-17(19)11-18-7-5-6-8-21(18)22;1-2/h5-10,12,15-16,22,24H,11,13-14H2,1-4H3;1-2H2/t15?,16?,22?,24-;/m1./s1. The molecule has 0 bridgehead atoms. The van der Waals surface area contributed by atoms with E-state index in [0.29, 0.717) is 6.54 Å². The first-order valence-corrected chi connectivity index (χ1v) is 10.7. The summed E-state index contributed by atoms with van der Waals surface area (Å²) in [7, 11) is 3.96. The molecule has 0 saturated carbocycles. The Balaban J connectivity index is 0.00000124. The van der Waals surface area contributed by atoms with Crippen molar-refractivity contribution in [2.45, 2.75) is 44.7 Å². The Morgan fingerprint density at radius 1 is 1.07 bits per heavy atom. The zero-order valence-electron chi connectivity index (χ0n) is 18.6. The van der Waals surface area contributed by atoms with Gasteiger partial charge in [0.05, 0.1) is 6.54 Å². The van der Waals surface area contributed by atoms with E-state index in [1.807, 2.05) is 25.1 Å². The number of fused-ring (bicyclic) bond motifs is 2. The van der Waals surface area contributed by atoms with Gasteiger partial charge >= 0.3 is 0 Å². The largest absolute Gasteiger partial charge is 0.340 e. The highest BCUT2D eigenvalue weighted by atomic mass is 19.1. The van der Waals surface area contributed by atoms with E-state index in [1.165, 1.54) is 16.7 Å². The molecule has 2 aromatic rings. The van der Waals surface area contributed by atoms with Gasteiger partial charge in [-0.05, 0) is 73.0 Å². The second-order valence-electron chi connectivity index (χ2n) is 8.61. The highest BCUT2D eigenvalue weighted by Crippen LogP contribution is 2.40. The van der Waals surface area contributed by atoms with Crippen molar-refractivity contribution in [1.29, 1.82) is 0 Å². The van der Waals surface area contributed by atoms with Crippen LogP contribution >= 0.6 is 0 Å². The van der Waals surface area contributed by atoms with E-state index < -0.39 is 0 Å². The number of nitrogens with zero attached hydrogens (tertiary/aromatic N) is 2. The smallest absolute Gasteiger partial charge is 0.236 e. The zero-order chi connectivity index (χ0) is 22.0. The molecule has 1 saturated heterocycles. The minimum Gasteiger partial charge on any atom is -0.340 e. The maximum Gasteiger partial charge on any atom is 0.236 e. The van der Waals surface area contributed by atoms with Crippen LogP contribution in [-0.2, 0) is 17.6 Å². The SMILES string of the molecule is C=C.CC(C1Cc2cc(F)ccc2Cc2ccccc21)[C@@H]1C(C)N(C)CC(=O)N1C. The van der Waals surface area contributed by atoms with Gasteiger partial charge in [-0.15, -0.1) is 13.2 Å². The van der Waals surface area contributed by atoms with Crippen LogP contribution in [0.15, 0.2) is 55.6 Å². The molecule has 3 unspecified atom stereocenters. The van der Waals surface area contributed by atoms with Crippen molar-refractivity contribution in [2.75, 3.05) is 20.6 Å². The van der Waals surface area contributed by atoms with E-state index in [2.05, 4.69) is 56.2 Å². The zero-order valence-corrected chi connectivity index (χ0v) is 18.6. The summed E-state index contributed by atoms with van der Waals surface area (Å²) in [6, 6.07) is 14.2. The molecule has 1 aliphatic heterocycles. The molecule has 3 nitrogen and oxygen atoms in total. The van der Waals surface area contributed by atoms with Crippen LogP contribution in [-0.4, -0.2) is 48.4 Å². The summed E-state index contributed by atoms with van der Waals surface area (Å²) in [5.41, 5.74) is 4.96. The van der Waals surface area contributed by atoms with Gasteiger partial charge in [-0.1, -0.05) is 37.3 Å². The van der Waals surface area contributed by atoms with Crippen molar-refractivity contribution < 1.29 is 9.18 Å². The Labute approximate surface area is 180 Å². The van der Waals surface area contributed by atoms with E-state index in [-0.39, 0.29) is 35.6 Å². The number of piperazine rings is 1. The van der Waals surface area contributed by atoms with Gasteiger partial charge in [0, 0.05) is 19.1 Å². The van der Waals surface area contributed by atoms with Crippen molar-refractivity contribution in [2.24, 2.45) is 5.92 Å². The first-order chi connectivity index (χ1) is 14.4. The molecule has 30 heavy (non-hydrogen) atoms. The fraction of sp³-hybridized carbons (Fsp3) is 0.423. The maximum absolute atomic E-state index is 14.0. The average molecular weight is 409 g/mol. The van der Waals surface area contributed by atoms with Gasteiger partial charge in [-0.2, -0.15) is 0 Å². The van der Waals surface area contributed by atoms with E-state index in [1.54, 1.807) is 12.1 Å². The lowest BCUT2D eigenvalue weighted by molar-refractivity contribution is -0.142. The van der Waals surface area contributed by atoms with Gasteiger partial charge < -0.3 is 4.90 Å². The van der Waals surface area contributed by atoms with Gasteiger partial charge in [0.2, 0.25) is 5.91 Å². The van der Waals surface area contributed by atoms with Gasteiger partial charge in [-0.25, -0.2) is 4.39 Å². The molecule has 0 N–H and O–H groups in total. The molecule has 1 amide bonds. The van der Waals surface area contributed by atoms with Gasteiger partial charge in [-0.3, -0.25) is 9.69 Å². The van der Waals surface area contributed by atoms with Gasteiger partial charge in [0.1, 0.15) is 5.82 Å². The van der Waals surface area contributed by atoms with E-state index >= 15 is 0 Å². The quantitative estimate of drug-likeness (QED) is 0.675. The Morgan fingerprint density at radius 3 is 2.50 bits per heavy atom. The van der Waals surface area contributed by atoms with Crippen LogP contribution in [0, 0.1) is 11.7 Å². The highest BCUT2D eigenvalue weighted by Gasteiger charge is 2.41. The average Bonchev–Trinajstić information content (AvgIpc) is 2.90. The third-order valence-corrected chi connectivity index (χ3v) is 7.03. The van der Waals surface area contributed by atoms with Crippen LogP contribution in [0.2, 0.25) is 0 Å². The Hall–Kier alpha value is -2.46. The van der Waals surface area contributed by atoms with Crippen LogP contribution in [0.3, 0.4) is 0 Å². The fourth-order valence-electron chi connectivity index (χ4n) is 5.28. The number of likely N-dealkylation sites (N-methyl/N-ethyl adjacent to an activating group) is 2. The minimum atomic E-state index is -0.172. The molecule has 1 fully saturated rings. The molecule has 0 radical (unpaired) electrons. The second-order valence-corrected chi connectivity index (χ2v) is 8.61. The van der Waals surface area contributed by atoms with E-state index in [9.17, 15) is 9.18 Å². The van der Waals surface area contributed by atoms with Crippen molar-refractivity contribution in [3.8, 4) is 0 Å². The number of halogens is 1. The molecule has 2 aliphatic rings. The van der Waals surface area contributed by atoms with Crippen LogP contribution < -0.4 is 0 Å². The van der Waals surface area contributed by atoms with Crippen molar-refractivity contribution in [1.82, 2.24) is 9.80 Å². The Kier molecular flexibility index (Phi) is 6.77. The molecular weight excluding hydrogens is 375 g/mol. The number of hydrogen-bond acceptors (Lipinski definition) is 2. The molecule has 0 aromatic heterocycles. The first-order valence-electron chi connectivity index (χ1n) is 10.7. The minimum absolute atomic E-state index is 0.124. The molecule has 1 aliphatic carbocycles. The molecule has 4 rings (SSSR count). The van der Waals surface area contributed by atoms with Crippen molar-refractivity contribution in [3.05, 3.63) is 83.7 Å². The van der Waals surface area contributed by atoms with E-state index in [4.69, 9.17) is 0 Å². The molecule has 2 aromatic carbocycles. The number of carbonyl (C=O) groups is 1. The first kappa shape index (κ1) is 22.2. The number of rotatable bonds is 2. The number of amides is 1. The van der Waals surface area contributed by atoms with Crippen molar-refractivity contribution in [3.63, 3.8) is 0 Å². The topological polar surface area (TPSA) is 23.6 Å². The lowest BCUT2D eigenvalue weighted by Gasteiger charge is -2.47. The van der Waals surface area contributed by atoms with E-state index in [0.717, 1.165) is 18.4 Å². The van der Waals surface area contributed by atoms with Crippen LogP contribution in [0.4, 0.5) is 4.39 Å². The summed E-state index contributed by atoms with van der Waals surface area (Å²) in [6.45, 7) is 10.9. The molecule has 160 valence electrons. The summed E-state index contributed by atoms with van der Waals surface area (Å²) in [5, 5.41) is 0. The summed E-state index contributed by atoms with van der Waals surface area (Å²) in [6.07, 6.45) is 1.64. The van der Waals surface area contributed by atoms with Gasteiger partial charge in [0.25, 0.3) is 0 Å². The molecule has 0 spiro atoms. The number of carbonyl (C=O) groups excluding carboxylic acids is 1. The summed E-state index contributed by atoms with van der Waals surface area (Å²) < 4.78 is 14.0. The monoisotopic (exact) mass is 408 g/mol. The summed E-state index contributed by atoms with van der Waals surface area (Å²) in [4.78, 5) is 16.6. The molecule has 4 heteroatoms. The maximum atomic E-state index is 14.0. The molecule has 1 heterocycles. The van der Waals surface area contributed by atoms with Crippen LogP contribution in [0.25, 0.3) is 0 Å². The second kappa shape index (κ2) is 9.13. The third-order valence-electron chi connectivity index (χ3n) is 7.03. The molecular formula is C26H33FN2O. The summed E-state index contributed by atoms with van der Waals surface area (Å²) >= 11 is 0. The Bertz CT molecular complexity index is 912. The lowest BCUT2D eigenvalue weighted by atomic mass is 9.75. The predicted octanol–water partition coefficient (Wildman–Crippen LogP) is 4.66. The third kappa shape index (κ3) is 4.06. The predicted molar refractivity (Wildman–Crippen MR) is 121 cm³/mol. The normalized spacial score (nSPS) is 24.8. The molecule has 4 atom stereocenters. The fourth-order valence-corrected chi connectivity index (χ4v) is 5.28. The van der Waals surface area contributed by atoms with Crippen LogP contribution in [0.1, 0.15) is 42.0 Å². The summed E-state index contributed by atoms with van der Waals surface area (Å²) in [5.74, 6) is 0.496. The number of benzene rings is 2. The lowest BCUT2D eigenvalue weighted by Crippen LogP contribution is -2.61. The van der Waals surface area contributed by atoms with Gasteiger partial charge in [0.15, 0.2) is 0 Å².